The van der Waals surface area contributed by atoms with Crippen molar-refractivity contribution in [3.05, 3.63) is 0 Å². The molecule has 1 unspecified atom stereocenters. The lowest BCUT2D eigenvalue weighted by atomic mass is 10.1. The van der Waals surface area contributed by atoms with E-state index in [2.05, 4.69) is 17.2 Å². The lowest BCUT2D eigenvalue weighted by Gasteiger charge is -2.11. The highest BCUT2D eigenvalue weighted by Crippen LogP contribution is 2.00. The first-order valence-electron chi connectivity index (χ1n) is 4.41. The van der Waals surface area contributed by atoms with Crippen LogP contribution in [0.4, 0.5) is 0 Å². The van der Waals surface area contributed by atoms with E-state index in [0.717, 1.165) is 25.9 Å². The zero-order valence-corrected chi connectivity index (χ0v) is 8.31. The average molecular weight is 169 g/mol. The summed E-state index contributed by atoms with van der Waals surface area (Å²) >= 11 is 0. The van der Waals surface area contributed by atoms with Crippen LogP contribution >= 0.6 is 0 Å². The van der Waals surface area contributed by atoms with Gasteiger partial charge < -0.3 is 10.1 Å². The molecular weight excluding hydrogens is 150 g/mol. The van der Waals surface area contributed by atoms with Crippen LogP contribution in [0.5, 0.6) is 0 Å². The third kappa shape index (κ3) is 6.21. The zero-order valence-electron chi connectivity index (χ0n) is 8.31. The first-order valence-corrected chi connectivity index (χ1v) is 4.41. The van der Waals surface area contributed by atoms with Crippen LogP contribution < -0.4 is 5.32 Å². The van der Waals surface area contributed by atoms with E-state index >= 15 is 0 Å². The Morgan fingerprint density at radius 1 is 1.50 bits per heavy atom. The second-order valence-corrected chi connectivity index (χ2v) is 2.75. The van der Waals surface area contributed by atoms with Crippen molar-refractivity contribution in [3.8, 4) is 11.8 Å². The van der Waals surface area contributed by atoms with Crippen LogP contribution in [0, 0.1) is 11.8 Å². The molecular formula is C10H19NO. The molecule has 0 aromatic heterocycles. The van der Waals surface area contributed by atoms with Gasteiger partial charge in [0.2, 0.25) is 0 Å². The Hall–Kier alpha value is -0.520. The summed E-state index contributed by atoms with van der Waals surface area (Å²) in [7, 11) is 3.72. The van der Waals surface area contributed by atoms with Crippen LogP contribution in [0.25, 0.3) is 0 Å². The molecule has 0 aromatic rings. The summed E-state index contributed by atoms with van der Waals surface area (Å²) in [5, 5.41) is 3.24. The van der Waals surface area contributed by atoms with Crippen LogP contribution in [-0.2, 0) is 4.74 Å². The molecule has 0 amide bonds. The minimum atomic E-state index is 0.521. The summed E-state index contributed by atoms with van der Waals surface area (Å²) in [6.07, 6.45) is 3.18. The Morgan fingerprint density at radius 3 is 2.75 bits per heavy atom. The average Bonchev–Trinajstić information content (AvgIpc) is 2.11. The van der Waals surface area contributed by atoms with Crippen molar-refractivity contribution in [1.29, 1.82) is 0 Å². The largest absolute Gasteiger partial charge is 0.385 e. The maximum atomic E-state index is 4.98. The fourth-order valence-electron chi connectivity index (χ4n) is 1.05. The van der Waals surface area contributed by atoms with Gasteiger partial charge in [-0.2, -0.15) is 0 Å². The van der Waals surface area contributed by atoms with E-state index in [4.69, 9.17) is 4.74 Å². The van der Waals surface area contributed by atoms with E-state index in [9.17, 15) is 0 Å². The molecule has 0 aliphatic carbocycles. The SMILES string of the molecule is CC#CCC(CCCOC)NC. The fourth-order valence-corrected chi connectivity index (χ4v) is 1.05. The van der Waals surface area contributed by atoms with Crippen LogP contribution in [0.15, 0.2) is 0 Å². The normalized spacial score (nSPS) is 11.9. The first kappa shape index (κ1) is 11.5. The van der Waals surface area contributed by atoms with Gasteiger partial charge in [0.1, 0.15) is 0 Å². The third-order valence-electron chi connectivity index (χ3n) is 1.83. The molecule has 0 aliphatic heterocycles. The van der Waals surface area contributed by atoms with E-state index in [1.165, 1.54) is 0 Å². The Labute approximate surface area is 75.7 Å². The van der Waals surface area contributed by atoms with Crippen molar-refractivity contribution in [2.45, 2.75) is 32.2 Å². The molecule has 0 aliphatic rings. The highest BCUT2D eigenvalue weighted by Gasteiger charge is 2.02. The van der Waals surface area contributed by atoms with Crippen molar-refractivity contribution in [2.24, 2.45) is 0 Å². The summed E-state index contributed by atoms with van der Waals surface area (Å²) < 4.78 is 4.98. The summed E-state index contributed by atoms with van der Waals surface area (Å²) in [6.45, 7) is 2.72. The molecule has 0 fully saturated rings. The molecule has 0 bridgehead atoms. The standard InChI is InChI=1S/C10H19NO/c1-4-5-7-10(11-2)8-6-9-12-3/h10-11H,6-9H2,1-3H3. The van der Waals surface area contributed by atoms with Gasteiger partial charge >= 0.3 is 0 Å². The molecule has 2 heteroatoms. The van der Waals surface area contributed by atoms with Gasteiger partial charge in [0, 0.05) is 26.2 Å². The van der Waals surface area contributed by atoms with Gasteiger partial charge in [0.15, 0.2) is 0 Å². The molecule has 12 heavy (non-hydrogen) atoms. The van der Waals surface area contributed by atoms with Crippen LogP contribution in [0.2, 0.25) is 0 Å². The molecule has 0 heterocycles. The molecule has 0 radical (unpaired) electrons. The Kier molecular flexibility index (Phi) is 8.20. The summed E-state index contributed by atoms with van der Waals surface area (Å²) in [4.78, 5) is 0. The molecule has 2 nitrogen and oxygen atoms in total. The molecule has 1 atom stereocenters. The molecule has 1 N–H and O–H groups in total. The van der Waals surface area contributed by atoms with Gasteiger partial charge in [-0.25, -0.2) is 0 Å². The van der Waals surface area contributed by atoms with Gasteiger partial charge in [-0.3, -0.25) is 0 Å². The number of hydrogen-bond acceptors (Lipinski definition) is 2. The number of rotatable bonds is 6. The predicted octanol–water partition coefficient (Wildman–Crippen LogP) is 1.41. The molecule has 0 rings (SSSR count). The number of hydrogen-bond donors (Lipinski definition) is 1. The van der Waals surface area contributed by atoms with Gasteiger partial charge in [0.05, 0.1) is 0 Å². The van der Waals surface area contributed by atoms with E-state index in [1.807, 2.05) is 14.0 Å². The highest BCUT2D eigenvalue weighted by molar-refractivity contribution is 4.97. The Bertz CT molecular complexity index is 146. The number of nitrogens with one attached hydrogen (secondary N) is 1. The van der Waals surface area contributed by atoms with E-state index in [-0.39, 0.29) is 0 Å². The highest BCUT2D eigenvalue weighted by atomic mass is 16.5. The minimum absolute atomic E-state index is 0.521. The molecule has 70 valence electrons. The quantitative estimate of drug-likeness (QED) is 0.479. The van der Waals surface area contributed by atoms with Crippen molar-refractivity contribution in [1.82, 2.24) is 5.32 Å². The van der Waals surface area contributed by atoms with Crippen LogP contribution in [-0.4, -0.2) is 26.8 Å². The van der Waals surface area contributed by atoms with Gasteiger partial charge in [-0.05, 0) is 26.8 Å². The monoisotopic (exact) mass is 169 g/mol. The van der Waals surface area contributed by atoms with E-state index in [1.54, 1.807) is 7.11 Å². The topological polar surface area (TPSA) is 21.3 Å². The Balaban J connectivity index is 3.43. The van der Waals surface area contributed by atoms with Gasteiger partial charge in [-0.1, -0.05) is 0 Å². The summed E-state index contributed by atoms with van der Waals surface area (Å²) in [6, 6.07) is 0.521. The smallest absolute Gasteiger partial charge is 0.0462 e. The zero-order chi connectivity index (χ0) is 9.23. The fraction of sp³-hybridized carbons (Fsp3) is 0.800. The minimum Gasteiger partial charge on any atom is -0.385 e. The maximum Gasteiger partial charge on any atom is 0.0462 e. The van der Waals surface area contributed by atoms with Gasteiger partial charge in [-0.15, -0.1) is 11.8 Å². The number of methoxy groups -OCH3 is 1. The number of ether oxygens (including phenoxy) is 1. The van der Waals surface area contributed by atoms with Crippen molar-refractivity contribution >= 4 is 0 Å². The van der Waals surface area contributed by atoms with E-state index < -0.39 is 0 Å². The van der Waals surface area contributed by atoms with Gasteiger partial charge in [0.25, 0.3) is 0 Å². The van der Waals surface area contributed by atoms with Crippen LogP contribution in [0.3, 0.4) is 0 Å². The molecule has 0 spiro atoms. The first-order chi connectivity index (χ1) is 5.85. The molecule has 0 saturated heterocycles. The maximum absolute atomic E-state index is 4.98. The molecule has 0 aromatic carbocycles. The van der Waals surface area contributed by atoms with E-state index in [0.29, 0.717) is 6.04 Å². The molecule has 0 saturated carbocycles. The third-order valence-corrected chi connectivity index (χ3v) is 1.83. The lowest BCUT2D eigenvalue weighted by Crippen LogP contribution is -2.24. The van der Waals surface area contributed by atoms with Crippen molar-refractivity contribution < 1.29 is 4.74 Å². The second-order valence-electron chi connectivity index (χ2n) is 2.75. The Morgan fingerprint density at radius 2 is 2.25 bits per heavy atom. The summed E-state index contributed by atoms with van der Waals surface area (Å²) in [5.74, 6) is 5.97. The predicted molar refractivity (Wildman–Crippen MR) is 52.0 cm³/mol. The second kappa shape index (κ2) is 8.58. The van der Waals surface area contributed by atoms with Crippen LogP contribution in [0.1, 0.15) is 26.2 Å². The van der Waals surface area contributed by atoms with Crippen molar-refractivity contribution in [2.75, 3.05) is 20.8 Å². The lowest BCUT2D eigenvalue weighted by molar-refractivity contribution is 0.189. The summed E-state index contributed by atoms with van der Waals surface area (Å²) in [5.41, 5.74) is 0. The van der Waals surface area contributed by atoms with Crippen molar-refractivity contribution in [3.63, 3.8) is 0 Å².